The molecule has 4 rings (SSSR count). The third kappa shape index (κ3) is 4.34. The Balaban J connectivity index is 1.41. The largest absolute Gasteiger partial charge is 0.491 e. The molecule has 0 aliphatic heterocycles. The Bertz CT molecular complexity index is 1070. The van der Waals surface area contributed by atoms with E-state index < -0.39 is 0 Å². The van der Waals surface area contributed by atoms with Crippen molar-refractivity contribution in [2.45, 2.75) is 33.4 Å². The van der Waals surface area contributed by atoms with Crippen molar-refractivity contribution < 1.29 is 4.74 Å². The second kappa shape index (κ2) is 8.03. The molecule has 0 spiro atoms. The Kier molecular flexibility index (Phi) is 5.31. The summed E-state index contributed by atoms with van der Waals surface area (Å²) in [5.74, 6) is 0.911. The van der Waals surface area contributed by atoms with Crippen molar-refractivity contribution in [1.82, 2.24) is 4.98 Å². The minimum absolute atomic E-state index is 0.196. The standard InChI is InChI=1S/C24H24N2OS/c1-16(2)27-21-11-5-18(6-12-21)15-25-20-9-7-19(8-10-20)24-26-22-13-4-17(3)14-23(22)28-24/h4-14,16,25H,15H2,1-3H3. The van der Waals surface area contributed by atoms with Crippen LogP contribution in [0.2, 0.25) is 0 Å². The summed E-state index contributed by atoms with van der Waals surface area (Å²) in [4.78, 5) is 4.76. The monoisotopic (exact) mass is 388 g/mol. The molecular weight excluding hydrogens is 364 g/mol. The SMILES string of the molecule is Cc1ccc2nc(-c3ccc(NCc4ccc(OC(C)C)cc4)cc3)sc2c1. The molecule has 0 unspecified atom stereocenters. The minimum Gasteiger partial charge on any atom is -0.491 e. The Morgan fingerprint density at radius 1 is 0.964 bits per heavy atom. The van der Waals surface area contributed by atoms with Crippen molar-refractivity contribution >= 4 is 27.2 Å². The van der Waals surface area contributed by atoms with E-state index in [2.05, 4.69) is 66.8 Å². The molecule has 0 radical (unpaired) electrons. The molecule has 4 aromatic rings. The molecule has 0 amide bonds. The molecule has 0 fully saturated rings. The van der Waals surface area contributed by atoms with E-state index in [0.29, 0.717) is 0 Å². The maximum Gasteiger partial charge on any atom is 0.124 e. The molecule has 4 heteroatoms. The summed E-state index contributed by atoms with van der Waals surface area (Å²) in [5, 5.41) is 4.54. The van der Waals surface area contributed by atoms with Gasteiger partial charge in [-0.2, -0.15) is 0 Å². The molecule has 0 aliphatic rings. The predicted molar refractivity (Wildman–Crippen MR) is 119 cm³/mol. The number of thiazole rings is 1. The van der Waals surface area contributed by atoms with Crippen LogP contribution in [0.3, 0.4) is 0 Å². The summed E-state index contributed by atoms with van der Waals surface area (Å²) in [5.41, 5.74) is 5.81. The Labute approximate surface area is 170 Å². The van der Waals surface area contributed by atoms with E-state index in [-0.39, 0.29) is 6.10 Å². The van der Waals surface area contributed by atoms with Gasteiger partial charge < -0.3 is 10.1 Å². The number of anilines is 1. The molecule has 0 saturated heterocycles. The molecule has 0 bridgehead atoms. The van der Waals surface area contributed by atoms with Gasteiger partial charge in [0.1, 0.15) is 10.8 Å². The zero-order chi connectivity index (χ0) is 19.5. The molecule has 1 aromatic heterocycles. The van der Waals surface area contributed by atoms with Crippen LogP contribution < -0.4 is 10.1 Å². The van der Waals surface area contributed by atoms with Crippen molar-refractivity contribution in [3.8, 4) is 16.3 Å². The summed E-state index contributed by atoms with van der Waals surface area (Å²) in [6.07, 6.45) is 0.196. The lowest BCUT2D eigenvalue weighted by Crippen LogP contribution is -2.05. The van der Waals surface area contributed by atoms with Gasteiger partial charge in [-0.25, -0.2) is 4.98 Å². The number of aromatic nitrogens is 1. The van der Waals surface area contributed by atoms with Crippen LogP contribution in [0, 0.1) is 6.92 Å². The van der Waals surface area contributed by atoms with Gasteiger partial charge in [0.15, 0.2) is 0 Å². The lowest BCUT2D eigenvalue weighted by Gasteiger charge is -2.11. The number of benzene rings is 3. The minimum atomic E-state index is 0.196. The van der Waals surface area contributed by atoms with Crippen molar-refractivity contribution in [2.24, 2.45) is 0 Å². The number of hydrogen-bond donors (Lipinski definition) is 1. The molecule has 28 heavy (non-hydrogen) atoms. The highest BCUT2D eigenvalue weighted by Crippen LogP contribution is 2.31. The molecule has 0 aliphatic carbocycles. The smallest absolute Gasteiger partial charge is 0.124 e. The Morgan fingerprint density at radius 2 is 1.71 bits per heavy atom. The van der Waals surface area contributed by atoms with Gasteiger partial charge in [0, 0.05) is 17.8 Å². The van der Waals surface area contributed by atoms with E-state index in [9.17, 15) is 0 Å². The Hall–Kier alpha value is -2.85. The maximum atomic E-state index is 5.69. The van der Waals surface area contributed by atoms with Crippen molar-refractivity contribution in [2.75, 3.05) is 5.32 Å². The zero-order valence-electron chi connectivity index (χ0n) is 16.4. The molecule has 0 saturated carbocycles. The number of ether oxygens (including phenoxy) is 1. The van der Waals surface area contributed by atoms with Crippen molar-refractivity contribution in [3.63, 3.8) is 0 Å². The van der Waals surface area contributed by atoms with Gasteiger partial charge in [0.25, 0.3) is 0 Å². The van der Waals surface area contributed by atoms with E-state index in [1.807, 2.05) is 26.0 Å². The number of hydrogen-bond acceptors (Lipinski definition) is 4. The van der Waals surface area contributed by atoms with Gasteiger partial charge in [0.05, 0.1) is 16.3 Å². The molecule has 1 N–H and O–H groups in total. The maximum absolute atomic E-state index is 5.69. The zero-order valence-corrected chi connectivity index (χ0v) is 17.2. The first-order valence-electron chi connectivity index (χ1n) is 9.54. The second-order valence-electron chi connectivity index (χ2n) is 7.23. The molecule has 0 atom stereocenters. The van der Waals surface area contributed by atoms with Gasteiger partial charge in [-0.05, 0) is 80.4 Å². The van der Waals surface area contributed by atoms with Crippen LogP contribution in [-0.2, 0) is 6.54 Å². The van der Waals surface area contributed by atoms with Gasteiger partial charge in [-0.3, -0.25) is 0 Å². The highest BCUT2D eigenvalue weighted by molar-refractivity contribution is 7.21. The fourth-order valence-electron chi connectivity index (χ4n) is 3.05. The van der Waals surface area contributed by atoms with E-state index in [1.54, 1.807) is 11.3 Å². The van der Waals surface area contributed by atoms with Crippen LogP contribution in [0.5, 0.6) is 5.75 Å². The first kappa shape index (κ1) is 18.5. The van der Waals surface area contributed by atoms with Crippen LogP contribution in [0.1, 0.15) is 25.0 Å². The summed E-state index contributed by atoms with van der Waals surface area (Å²) in [6, 6.07) is 23.1. The lowest BCUT2D eigenvalue weighted by molar-refractivity contribution is 0.242. The summed E-state index contributed by atoms with van der Waals surface area (Å²) < 4.78 is 6.93. The topological polar surface area (TPSA) is 34.2 Å². The average Bonchev–Trinajstić information content (AvgIpc) is 3.10. The predicted octanol–water partition coefficient (Wildman–Crippen LogP) is 6.67. The number of nitrogens with one attached hydrogen (secondary N) is 1. The summed E-state index contributed by atoms with van der Waals surface area (Å²) in [6.45, 7) is 6.97. The van der Waals surface area contributed by atoms with Gasteiger partial charge in [-0.1, -0.05) is 18.2 Å². The van der Waals surface area contributed by atoms with E-state index in [4.69, 9.17) is 9.72 Å². The summed E-state index contributed by atoms with van der Waals surface area (Å²) >= 11 is 1.74. The van der Waals surface area contributed by atoms with Gasteiger partial charge >= 0.3 is 0 Å². The van der Waals surface area contributed by atoms with Gasteiger partial charge in [-0.15, -0.1) is 11.3 Å². The number of aryl methyl sites for hydroxylation is 1. The van der Waals surface area contributed by atoms with Crippen LogP contribution in [-0.4, -0.2) is 11.1 Å². The van der Waals surface area contributed by atoms with Gasteiger partial charge in [0.2, 0.25) is 0 Å². The second-order valence-corrected chi connectivity index (χ2v) is 8.26. The van der Waals surface area contributed by atoms with Crippen molar-refractivity contribution in [3.05, 3.63) is 77.9 Å². The molecule has 142 valence electrons. The molecule has 3 nitrogen and oxygen atoms in total. The number of fused-ring (bicyclic) bond motifs is 1. The highest BCUT2D eigenvalue weighted by Gasteiger charge is 2.06. The third-order valence-electron chi connectivity index (χ3n) is 4.47. The normalized spacial score (nSPS) is 11.1. The quantitative estimate of drug-likeness (QED) is 0.400. The Morgan fingerprint density at radius 3 is 2.43 bits per heavy atom. The van der Waals surface area contributed by atoms with E-state index >= 15 is 0 Å². The van der Waals surface area contributed by atoms with Crippen molar-refractivity contribution in [1.29, 1.82) is 0 Å². The fraction of sp³-hybridized carbons (Fsp3) is 0.208. The highest BCUT2D eigenvalue weighted by atomic mass is 32.1. The molecule has 3 aromatic carbocycles. The number of nitrogens with zero attached hydrogens (tertiary/aromatic N) is 1. The van der Waals surface area contributed by atoms with Crippen LogP contribution in [0.15, 0.2) is 66.7 Å². The first-order chi connectivity index (χ1) is 13.6. The molecule has 1 heterocycles. The van der Waals surface area contributed by atoms with Crippen LogP contribution >= 0.6 is 11.3 Å². The lowest BCUT2D eigenvalue weighted by atomic mass is 10.2. The number of rotatable bonds is 6. The molecular formula is C24H24N2OS. The summed E-state index contributed by atoms with van der Waals surface area (Å²) in [7, 11) is 0. The average molecular weight is 389 g/mol. The first-order valence-corrected chi connectivity index (χ1v) is 10.4. The van der Waals surface area contributed by atoms with E-state index in [0.717, 1.165) is 34.1 Å². The van der Waals surface area contributed by atoms with E-state index in [1.165, 1.54) is 15.8 Å². The third-order valence-corrected chi connectivity index (χ3v) is 5.53. The van der Waals surface area contributed by atoms with Crippen LogP contribution in [0.25, 0.3) is 20.8 Å². The van der Waals surface area contributed by atoms with Crippen LogP contribution in [0.4, 0.5) is 5.69 Å². The fourth-order valence-corrected chi connectivity index (χ4v) is 4.12.